The largest absolute Gasteiger partial charge is 0.573 e. The molecule has 0 amide bonds. The summed E-state index contributed by atoms with van der Waals surface area (Å²) < 4.78 is 46.8. The van der Waals surface area contributed by atoms with Gasteiger partial charge in [-0.1, -0.05) is 5.16 Å². The van der Waals surface area contributed by atoms with E-state index < -0.39 is 6.36 Å². The van der Waals surface area contributed by atoms with E-state index in [-0.39, 0.29) is 11.6 Å². The summed E-state index contributed by atoms with van der Waals surface area (Å²) in [5.74, 6) is 0.279. The fourth-order valence-corrected chi connectivity index (χ4v) is 4.23. The van der Waals surface area contributed by atoms with Gasteiger partial charge in [0.2, 0.25) is 5.82 Å². The highest BCUT2D eigenvalue weighted by molar-refractivity contribution is 9.10. The molecule has 0 radical (unpaired) electrons. The Hall–Kier alpha value is -2.81. The molecule has 0 aliphatic heterocycles. The van der Waals surface area contributed by atoms with E-state index in [1.165, 1.54) is 29.5 Å². The maximum atomic E-state index is 12.4. The molecule has 148 valence electrons. The highest BCUT2D eigenvalue weighted by Gasteiger charge is 2.31. The van der Waals surface area contributed by atoms with Crippen molar-refractivity contribution >= 4 is 26.8 Å². The maximum Gasteiger partial charge on any atom is 0.573 e. The first-order chi connectivity index (χ1) is 13.9. The second-order valence-electron chi connectivity index (χ2n) is 6.81. The number of benzene rings is 2. The summed E-state index contributed by atoms with van der Waals surface area (Å²) in [4.78, 5) is 7.87. The van der Waals surface area contributed by atoms with Gasteiger partial charge in [0.1, 0.15) is 5.75 Å². The van der Waals surface area contributed by atoms with Gasteiger partial charge in [-0.05, 0) is 77.2 Å². The summed E-state index contributed by atoms with van der Waals surface area (Å²) in [6.45, 7) is 0. The van der Waals surface area contributed by atoms with Gasteiger partial charge in [0.15, 0.2) is 0 Å². The van der Waals surface area contributed by atoms with Crippen LogP contribution < -0.4 is 4.74 Å². The second kappa shape index (κ2) is 6.62. The molecule has 2 heterocycles. The monoisotopic (exact) mass is 463 g/mol. The molecule has 2 aromatic carbocycles. The number of H-pyrrole nitrogens is 1. The summed E-state index contributed by atoms with van der Waals surface area (Å²) >= 11 is 3.24. The van der Waals surface area contributed by atoms with E-state index in [2.05, 4.69) is 35.8 Å². The molecule has 0 unspecified atom stereocenters. The Morgan fingerprint density at radius 2 is 1.97 bits per heavy atom. The quantitative estimate of drug-likeness (QED) is 0.402. The molecule has 1 aliphatic carbocycles. The number of aryl methyl sites for hydroxylation is 2. The third-order valence-corrected chi connectivity index (χ3v) is 5.59. The standard InChI is InChI=1S/C20H13BrF3N3O2/c21-15-9-11(28-20(22,23)24)5-6-13(15)19-26-18(27-29-19)10-4-7-17-14(8-10)12-2-1-3-16(12)25-17/h4-9,25H,1-3H2. The number of fused-ring (bicyclic) bond motifs is 3. The highest BCUT2D eigenvalue weighted by atomic mass is 79.9. The summed E-state index contributed by atoms with van der Waals surface area (Å²) in [5, 5.41) is 5.21. The highest BCUT2D eigenvalue weighted by Crippen LogP contribution is 2.35. The van der Waals surface area contributed by atoms with E-state index in [1.807, 2.05) is 18.2 Å². The fraction of sp³-hybridized carbons (Fsp3) is 0.200. The van der Waals surface area contributed by atoms with Gasteiger partial charge in [0.05, 0.1) is 5.56 Å². The van der Waals surface area contributed by atoms with Crippen molar-refractivity contribution in [1.29, 1.82) is 0 Å². The van der Waals surface area contributed by atoms with Crippen molar-refractivity contribution in [3.63, 3.8) is 0 Å². The molecule has 0 saturated carbocycles. The normalized spacial score (nSPS) is 13.8. The fourth-order valence-electron chi connectivity index (χ4n) is 3.70. The Bertz CT molecular complexity index is 1230. The number of aromatic amines is 1. The van der Waals surface area contributed by atoms with E-state index in [1.54, 1.807) is 0 Å². The van der Waals surface area contributed by atoms with Crippen LogP contribution in [-0.2, 0) is 12.8 Å². The lowest BCUT2D eigenvalue weighted by atomic mass is 10.1. The van der Waals surface area contributed by atoms with Crippen LogP contribution in [0.3, 0.4) is 0 Å². The predicted molar refractivity (Wildman–Crippen MR) is 103 cm³/mol. The van der Waals surface area contributed by atoms with E-state index in [9.17, 15) is 13.2 Å². The molecule has 9 heteroatoms. The Kier molecular flexibility index (Phi) is 4.16. The van der Waals surface area contributed by atoms with Gasteiger partial charge < -0.3 is 14.2 Å². The number of aromatic nitrogens is 3. The number of nitrogens with zero attached hydrogens (tertiary/aromatic N) is 2. The minimum absolute atomic E-state index is 0.199. The average Bonchev–Trinajstić information content (AvgIpc) is 3.36. The molecule has 29 heavy (non-hydrogen) atoms. The van der Waals surface area contributed by atoms with Crippen LogP contribution in [0.25, 0.3) is 33.7 Å². The third kappa shape index (κ3) is 3.39. The molecule has 0 saturated heterocycles. The Balaban J connectivity index is 1.47. The van der Waals surface area contributed by atoms with E-state index in [0.717, 1.165) is 35.7 Å². The number of rotatable bonds is 3. The molecular formula is C20H13BrF3N3O2. The van der Waals surface area contributed by atoms with Crippen molar-refractivity contribution in [2.24, 2.45) is 0 Å². The van der Waals surface area contributed by atoms with Crippen LogP contribution in [-0.4, -0.2) is 21.5 Å². The zero-order chi connectivity index (χ0) is 20.2. The molecule has 0 spiro atoms. The number of nitrogens with one attached hydrogen (secondary N) is 1. The van der Waals surface area contributed by atoms with Crippen molar-refractivity contribution in [2.45, 2.75) is 25.6 Å². The summed E-state index contributed by atoms with van der Waals surface area (Å²) in [6.07, 6.45) is -1.49. The summed E-state index contributed by atoms with van der Waals surface area (Å²) in [6, 6.07) is 9.80. The Morgan fingerprint density at radius 3 is 2.76 bits per heavy atom. The van der Waals surface area contributed by atoms with Crippen LogP contribution in [0.4, 0.5) is 13.2 Å². The lowest BCUT2D eigenvalue weighted by Crippen LogP contribution is -2.17. The van der Waals surface area contributed by atoms with Gasteiger partial charge >= 0.3 is 6.36 Å². The first kappa shape index (κ1) is 18.2. The van der Waals surface area contributed by atoms with E-state index in [4.69, 9.17) is 4.52 Å². The number of hydrogen-bond acceptors (Lipinski definition) is 4. The van der Waals surface area contributed by atoms with Crippen LogP contribution in [0, 0.1) is 0 Å². The van der Waals surface area contributed by atoms with Gasteiger partial charge in [0.25, 0.3) is 5.89 Å². The van der Waals surface area contributed by atoms with Gasteiger partial charge in [0, 0.05) is 26.6 Å². The Labute approximate surface area is 171 Å². The van der Waals surface area contributed by atoms with Gasteiger partial charge in [-0.15, -0.1) is 13.2 Å². The van der Waals surface area contributed by atoms with Crippen molar-refractivity contribution < 1.29 is 22.4 Å². The zero-order valence-electron chi connectivity index (χ0n) is 14.8. The molecule has 0 bridgehead atoms. The minimum atomic E-state index is -4.75. The van der Waals surface area contributed by atoms with Crippen molar-refractivity contribution in [1.82, 2.24) is 15.1 Å². The molecule has 5 rings (SSSR count). The maximum absolute atomic E-state index is 12.4. The SMILES string of the molecule is FC(F)(F)Oc1ccc(-c2nc(-c3ccc4[nH]c5c(c4c3)CCC5)no2)c(Br)c1. The summed E-state index contributed by atoms with van der Waals surface area (Å²) in [5.41, 5.74) is 5.01. The number of alkyl halides is 3. The summed E-state index contributed by atoms with van der Waals surface area (Å²) in [7, 11) is 0. The molecule has 0 atom stereocenters. The van der Waals surface area contributed by atoms with Crippen LogP contribution in [0.15, 0.2) is 45.4 Å². The Morgan fingerprint density at radius 1 is 1.10 bits per heavy atom. The predicted octanol–water partition coefficient (Wildman–Crippen LogP) is 6.03. The van der Waals surface area contributed by atoms with E-state index in [0.29, 0.717) is 15.9 Å². The topological polar surface area (TPSA) is 63.9 Å². The molecule has 2 aromatic heterocycles. The number of hydrogen-bond donors (Lipinski definition) is 1. The van der Waals surface area contributed by atoms with E-state index >= 15 is 0 Å². The van der Waals surface area contributed by atoms with Crippen molar-refractivity contribution in [2.75, 3.05) is 0 Å². The van der Waals surface area contributed by atoms with Crippen LogP contribution in [0.5, 0.6) is 5.75 Å². The second-order valence-corrected chi connectivity index (χ2v) is 7.66. The first-order valence-corrected chi connectivity index (χ1v) is 9.70. The van der Waals surface area contributed by atoms with Gasteiger partial charge in [-0.2, -0.15) is 4.98 Å². The van der Waals surface area contributed by atoms with Crippen LogP contribution in [0.1, 0.15) is 17.7 Å². The average molecular weight is 464 g/mol. The van der Waals surface area contributed by atoms with Crippen molar-refractivity contribution in [3.05, 3.63) is 52.1 Å². The smallest absolute Gasteiger partial charge is 0.406 e. The first-order valence-electron chi connectivity index (χ1n) is 8.90. The van der Waals surface area contributed by atoms with Gasteiger partial charge in [-0.25, -0.2) is 0 Å². The lowest BCUT2D eigenvalue weighted by molar-refractivity contribution is -0.274. The number of halogens is 4. The molecule has 1 N–H and O–H groups in total. The zero-order valence-corrected chi connectivity index (χ0v) is 16.4. The minimum Gasteiger partial charge on any atom is -0.406 e. The molecule has 4 aromatic rings. The molecule has 0 fully saturated rings. The third-order valence-electron chi connectivity index (χ3n) is 4.94. The van der Waals surface area contributed by atoms with Crippen LogP contribution >= 0.6 is 15.9 Å². The van der Waals surface area contributed by atoms with Crippen molar-refractivity contribution in [3.8, 4) is 28.6 Å². The molecule has 5 nitrogen and oxygen atoms in total. The lowest BCUT2D eigenvalue weighted by Gasteiger charge is -2.09. The van der Waals surface area contributed by atoms with Crippen LogP contribution in [0.2, 0.25) is 0 Å². The van der Waals surface area contributed by atoms with Gasteiger partial charge in [-0.3, -0.25) is 0 Å². The molecular weight excluding hydrogens is 451 g/mol. The molecule has 1 aliphatic rings. The number of ether oxygens (including phenoxy) is 1.